The van der Waals surface area contributed by atoms with Gasteiger partial charge in [-0.3, -0.25) is 0 Å². The molecule has 5 heteroatoms. The van der Waals surface area contributed by atoms with Crippen molar-refractivity contribution in [2.75, 3.05) is 18.0 Å². The maximum atomic E-state index is 8.67. The molecule has 1 atom stereocenters. The Morgan fingerprint density at radius 3 is 2.67 bits per heavy atom. The predicted molar refractivity (Wildman–Crippen MR) is 85.8 cm³/mol. The second-order valence-corrected chi connectivity index (χ2v) is 6.87. The Morgan fingerprint density at radius 1 is 1.33 bits per heavy atom. The third-order valence-corrected chi connectivity index (χ3v) is 4.43. The molecule has 0 amide bonds. The van der Waals surface area contributed by atoms with Crippen molar-refractivity contribution in [3.63, 3.8) is 0 Å². The van der Waals surface area contributed by atoms with Crippen molar-refractivity contribution in [2.45, 2.75) is 40.0 Å². The lowest BCUT2D eigenvalue weighted by Crippen LogP contribution is -2.27. The number of aromatic nitrogens is 1. The third kappa shape index (κ3) is 3.86. The van der Waals surface area contributed by atoms with Gasteiger partial charge in [0, 0.05) is 24.8 Å². The number of anilines is 1. The van der Waals surface area contributed by atoms with E-state index in [9.17, 15) is 0 Å². The number of hydrogen-bond donors (Lipinski definition) is 2. The number of pyridine rings is 1. The zero-order valence-electron chi connectivity index (χ0n) is 13.2. The summed E-state index contributed by atoms with van der Waals surface area (Å²) in [7, 11) is 0. The predicted octanol–water partition coefficient (Wildman–Crippen LogP) is 2.83. The summed E-state index contributed by atoms with van der Waals surface area (Å²) in [6.45, 7) is 9.08. The second kappa shape index (κ2) is 6.33. The molecule has 0 aliphatic carbocycles. The Kier molecular flexibility index (Phi) is 4.70. The van der Waals surface area contributed by atoms with Crippen molar-refractivity contribution in [3.05, 3.63) is 23.9 Å². The molecule has 5 nitrogen and oxygen atoms in total. The molecule has 1 aliphatic heterocycles. The summed E-state index contributed by atoms with van der Waals surface area (Å²) in [5.74, 6) is 1.83. The van der Waals surface area contributed by atoms with Crippen molar-refractivity contribution < 1.29 is 5.21 Å². The number of amidine groups is 1. The zero-order chi connectivity index (χ0) is 15.5. The lowest BCUT2D eigenvalue weighted by atomic mass is 9.77. The van der Waals surface area contributed by atoms with Crippen LogP contribution in [0, 0.1) is 11.3 Å². The van der Waals surface area contributed by atoms with Crippen LogP contribution in [-0.4, -0.2) is 29.1 Å². The number of nitrogens with zero attached hydrogens (tertiary/aromatic N) is 3. The summed E-state index contributed by atoms with van der Waals surface area (Å²) in [6.07, 6.45) is 5.34. The average Bonchev–Trinajstić information content (AvgIpc) is 2.72. The zero-order valence-corrected chi connectivity index (χ0v) is 13.2. The summed E-state index contributed by atoms with van der Waals surface area (Å²) in [4.78, 5) is 6.79. The van der Waals surface area contributed by atoms with Gasteiger partial charge in [-0.15, -0.1) is 0 Å². The standard InChI is InChI=1S/C16H26N4O/c1-16(2,3)13-5-4-9-20(10-8-13)14-7-6-12(11-18-14)15(17)19-21/h6-7,11,13,21H,4-5,8-10H2,1-3H3,(H2,17,19). The van der Waals surface area contributed by atoms with Crippen molar-refractivity contribution in [1.82, 2.24) is 4.98 Å². The molecule has 1 unspecified atom stereocenters. The maximum absolute atomic E-state index is 8.67. The Labute approximate surface area is 126 Å². The first-order valence-corrected chi connectivity index (χ1v) is 7.60. The van der Waals surface area contributed by atoms with Crippen LogP contribution in [0.3, 0.4) is 0 Å². The average molecular weight is 290 g/mol. The molecule has 0 bridgehead atoms. The van der Waals surface area contributed by atoms with E-state index in [2.05, 4.69) is 35.8 Å². The van der Waals surface area contributed by atoms with Gasteiger partial charge in [0.1, 0.15) is 5.82 Å². The third-order valence-electron chi connectivity index (χ3n) is 4.43. The SMILES string of the molecule is CC(C)(C)C1CCCN(c2ccc(C(N)=NO)cn2)CC1. The van der Waals surface area contributed by atoms with E-state index in [4.69, 9.17) is 10.9 Å². The Morgan fingerprint density at radius 2 is 2.10 bits per heavy atom. The van der Waals surface area contributed by atoms with Crippen LogP contribution in [0.5, 0.6) is 0 Å². The molecule has 3 N–H and O–H groups in total. The van der Waals surface area contributed by atoms with Crippen molar-refractivity contribution in [2.24, 2.45) is 22.2 Å². The van der Waals surface area contributed by atoms with Gasteiger partial charge in [-0.25, -0.2) is 4.98 Å². The van der Waals surface area contributed by atoms with Crippen LogP contribution in [0.25, 0.3) is 0 Å². The van der Waals surface area contributed by atoms with Crippen molar-refractivity contribution >= 4 is 11.7 Å². The summed E-state index contributed by atoms with van der Waals surface area (Å²) in [5, 5.41) is 11.7. The van der Waals surface area contributed by atoms with Gasteiger partial charge in [-0.1, -0.05) is 25.9 Å². The van der Waals surface area contributed by atoms with Crippen LogP contribution < -0.4 is 10.6 Å². The molecular weight excluding hydrogens is 264 g/mol. The fourth-order valence-corrected chi connectivity index (χ4v) is 2.97. The minimum Gasteiger partial charge on any atom is -0.409 e. The minimum absolute atomic E-state index is 0.0951. The van der Waals surface area contributed by atoms with E-state index in [-0.39, 0.29) is 5.84 Å². The van der Waals surface area contributed by atoms with Gasteiger partial charge < -0.3 is 15.8 Å². The van der Waals surface area contributed by atoms with Gasteiger partial charge in [-0.2, -0.15) is 0 Å². The van der Waals surface area contributed by atoms with Gasteiger partial charge in [0.2, 0.25) is 0 Å². The molecular formula is C16H26N4O. The molecule has 116 valence electrons. The van der Waals surface area contributed by atoms with E-state index in [0.717, 1.165) is 24.8 Å². The molecule has 1 fully saturated rings. The molecule has 1 saturated heterocycles. The van der Waals surface area contributed by atoms with Crippen molar-refractivity contribution in [1.29, 1.82) is 0 Å². The van der Waals surface area contributed by atoms with Gasteiger partial charge in [0.25, 0.3) is 0 Å². The molecule has 21 heavy (non-hydrogen) atoms. The van der Waals surface area contributed by atoms with Crippen LogP contribution >= 0.6 is 0 Å². The van der Waals surface area contributed by atoms with E-state index >= 15 is 0 Å². The monoisotopic (exact) mass is 290 g/mol. The summed E-state index contributed by atoms with van der Waals surface area (Å²) < 4.78 is 0. The summed E-state index contributed by atoms with van der Waals surface area (Å²) in [5.41, 5.74) is 6.58. The molecule has 2 rings (SSSR count). The number of hydrogen-bond acceptors (Lipinski definition) is 4. The molecule has 2 heterocycles. The first-order chi connectivity index (χ1) is 9.91. The van der Waals surface area contributed by atoms with Gasteiger partial charge in [-0.05, 0) is 42.7 Å². The van der Waals surface area contributed by atoms with E-state index in [1.807, 2.05) is 12.1 Å². The lowest BCUT2D eigenvalue weighted by molar-refractivity contribution is 0.220. The molecule has 0 spiro atoms. The fraction of sp³-hybridized carbons (Fsp3) is 0.625. The summed E-state index contributed by atoms with van der Waals surface area (Å²) >= 11 is 0. The smallest absolute Gasteiger partial charge is 0.171 e. The Bertz CT molecular complexity index is 490. The largest absolute Gasteiger partial charge is 0.409 e. The Hall–Kier alpha value is -1.78. The minimum atomic E-state index is 0.0951. The second-order valence-electron chi connectivity index (χ2n) is 6.87. The van der Waals surface area contributed by atoms with Crippen LogP contribution in [0.4, 0.5) is 5.82 Å². The van der Waals surface area contributed by atoms with Gasteiger partial charge in [0.05, 0.1) is 0 Å². The van der Waals surface area contributed by atoms with Crippen LogP contribution in [0.15, 0.2) is 23.5 Å². The number of oxime groups is 1. The van der Waals surface area contributed by atoms with E-state index in [1.54, 1.807) is 6.20 Å². The molecule has 0 saturated carbocycles. The van der Waals surface area contributed by atoms with Crippen LogP contribution in [0.1, 0.15) is 45.6 Å². The topological polar surface area (TPSA) is 74.7 Å². The Balaban J connectivity index is 2.06. The van der Waals surface area contributed by atoms with Crippen LogP contribution in [0.2, 0.25) is 0 Å². The quantitative estimate of drug-likeness (QED) is 0.380. The van der Waals surface area contributed by atoms with E-state index in [1.165, 1.54) is 19.3 Å². The van der Waals surface area contributed by atoms with Gasteiger partial charge >= 0.3 is 0 Å². The highest BCUT2D eigenvalue weighted by atomic mass is 16.4. The van der Waals surface area contributed by atoms with Gasteiger partial charge in [0.15, 0.2) is 5.84 Å². The number of nitrogens with two attached hydrogens (primary N) is 1. The normalized spacial score (nSPS) is 21.2. The molecule has 1 aliphatic rings. The number of rotatable bonds is 2. The van der Waals surface area contributed by atoms with E-state index in [0.29, 0.717) is 11.0 Å². The fourth-order valence-electron chi connectivity index (χ4n) is 2.97. The van der Waals surface area contributed by atoms with E-state index < -0.39 is 0 Å². The molecule has 0 radical (unpaired) electrons. The lowest BCUT2D eigenvalue weighted by Gasteiger charge is -2.29. The van der Waals surface area contributed by atoms with Crippen LogP contribution in [-0.2, 0) is 0 Å². The highest BCUT2D eigenvalue weighted by Crippen LogP contribution is 2.34. The molecule has 1 aromatic heterocycles. The summed E-state index contributed by atoms with van der Waals surface area (Å²) in [6, 6.07) is 3.80. The molecule has 0 aromatic carbocycles. The first kappa shape index (κ1) is 15.6. The highest BCUT2D eigenvalue weighted by Gasteiger charge is 2.27. The highest BCUT2D eigenvalue weighted by molar-refractivity contribution is 5.96. The first-order valence-electron chi connectivity index (χ1n) is 7.60. The van der Waals surface area contributed by atoms with Crippen molar-refractivity contribution in [3.8, 4) is 0 Å². The molecule has 1 aromatic rings. The maximum Gasteiger partial charge on any atom is 0.171 e.